The molecule has 0 atom stereocenters. The number of halogens is 2. The van der Waals surface area contributed by atoms with Gasteiger partial charge in [0, 0.05) is 13.1 Å². The largest absolute Gasteiger partial charge is 0.465 e. The van der Waals surface area contributed by atoms with Crippen LogP contribution in [0.2, 0.25) is 0 Å². The molecule has 0 aliphatic carbocycles. The Kier molecular flexibility index (Phi) is 2.65. The lowest BCUT2D eigenvalue weighted by Crippen LogP contribution is -2.34. The summed E-state index contributed by atoms with van der Waals surface area (Å²) in [6, 6.07) is 3.12. The molecule has 5 heteroatoms. The van der Waals surface area contributed by atoms with E-state index in [2.05, 4.69) is 15.9 Å². The summed E-state index contributed by atoms with van der Waals surface area (Å²) in [6.45, 7) is 0.771. The highest BCUT2D eigenvalue weighted by Gasteiger charge is 2.21. The number of hydrogen-bond donors (Lipinski definition) is 1. The van der Waals surface area contributed by atoms with Crippen molar-refractivity contribution in [2.24, 2.45) is 0 Å². The van der Waals surface area contributed by atoms with Gasteiger partial charge in [-0.15, -0.1) is 0 Å². The van der Waals surface area contributed by atoms with E-state index in [1.165, 1.54) is 11.0 Å². The van der Waals surface area contributed by atoms with E-state index in [-0.39, 0.29) is 5.82 Å². The molecule has 15 heavy (non-hydrogen) atoms. The molecule has 0 bridgehead atoms. The van der Waals surface area contributed by atoms with Crippen LogP contribution in [0.3, 0.4) is 0 Å². The number of nitrogens with zero attached hydrogens (tertiary/aromatic N) is 1. The summed E-state index contributed by atoms with van der Waals surface area (Å²) in [7, 11) is 0. The fourth-order valence-electron chi connectivity index (χ4n) is 1.71. The number of amides is 1. The van der Waals surface area contributed by atoms with Gasteiger partial charge < -0.3 is 10.0 Å². The van der Waals surface area contributed by atoms with E-state index in [0.717, 1.165) is 11.1 Å². The summed E-state index contributed by atoms with van der Waals surface area (Å²) in [6.07, 6.45) is -0.354. The smallest absolute Gasteiger partial charge is 0.407 e. The lowest BCUT2D eigenvalue weighted by Gasteiger charge is -2.26. The van der Waals surface area contributed by atoms with Gasteiger partial charge in [0.2, 0.25) is 0 Å². The Bertz CT molecular complexity index is 422. The predicted octanol–water partition coefficient (Wildman–Crippen LogP) is 2.62. The third-order valence-electron chi connectivity index (χ3n) is 2.53. The van der Waals surface area contributed by atoms with Gasteiger partial charge >= 0.3 is 6.09 Å². The predicted molar refractivity (Wildman–Crippen MR) is 56.2 cm³/mol. The van der Waals surface area contributed by atoms with Gasteiger partial charge in [0.1, 0.15) is 5.82 Å². The molecule has 1 aromatic rings. The van der Waals surface area contributed by atoms with Crippen molar-refractivity contribution in [3.63, 3.8) is 0 Å². The minimum Gasteiger partial charge on any atom is -0.465 e. The third-order valence-corrected chi connectivity index (χ3v) is 3.13. The van der Waals surface area contributed by atoms with E-state index in [4.69, 9.17) is 5.11 Å². The number of carboxylic acid groups (broad SMARTS) is 1. The van der Waals surface area contributed by atoms with Crippen molar-refractivity contribution in [2.45, 2.75) is 13.0 Å². The van der Waals surface area contributed by atoms with E-state index >= 15 is 0 Å². The van der Waals surface area contributed by atoms with Crippen LogP contribution < -0.4 is 0 Å². The number of fused-ring (bicyclic) bond motifs is 1. The lowest BCUT2D eigenvalue weighted by atomic mass is 10.00. The van der Waals surface area contributed by atoms with Crippen LogP contribution in [0, 0.1) is 5.82 Å². The van der Waals surface area contributed by atoms with Crippen LogP contribution in [0.5, 0.6) is 0 Å². The summed E-state index contributed by atoms with van der Waals surface area (Å²) in [5.41, 5.74) is 1.77. The number of hydrogen-bond acceptors (Lipinski definition) is 1. The molecule has 2 rings (SSSR count). The Morgan fingerprint density at radius 1 is 1.47 bits per heavy atom. The van der Waals surface area contributed by atoms with E-state index < -0.39 is 6.09 Å². The molecule has 1 aliphatic heterocycles. The highest BCUT2D eigenvalue weighted by molar-refractivity contribution is 9.10. The van der Waals surface area contributed by atoms with Gasteiger partial charge in [-0.1, -0.05) is 0 Å². The molecule has 3 nitrogen and oxygen atoms in total. The zero-order valence-electron chi connectivity index (χ0n) is 7.83. The normalized spacial score (nSPS) is 14.9. The first-order valence-electron chi connectivity index (χ1n) is 4.52. The quantitative estimate of drug-likeness (QED) is 0.790. The van der Waals surface area contributed by atoms with Gasteiger partial charge in [-0.3, -0.25) is 0 Å². The fourth-order valence-corrected chi connectivity index (χ4v) is 2.10. The van der Waals surface area contributed by atoms with Crippen molar-refractivity contribution in [3.05, 3.63) is 33.5 Å². The Morgan fingerprint density at radius 2 is 2.20 bits per heavy atom. The molecule has 1 aromatic carbocycles. The first-order valence-corrected chi connectivity index (χ1v) is 5.32. The molecule has 0 fully saturated rings. The Hall–Kier alpha value is -1.10. The van der Waals surface area contributed by atoms with E-state index in [1.807, 2.05) is 0 Å². The molecule has 1 aliphatic rings. The van der Waals surface area contributed by atoms with Crippen LogP contribution in [0.15, 0.2) is 16.6 Å². The zero-order valence-corrected chi connectivity index (χ0v) is 9.42. The molecule has 1 N–H and O–H groups in total. The van der Waals surface area contributed by atoms with Crippen molar-refractivity contribution < 1.29 is 14.3 Å². The van der Waals surface area contributed by atoms with Crippen molar-refractivity contribution in [1.82, 2.24) is 4.90 Å². The monoisotopic (exact) mass is 273 g/mol. The average molecular weight is 274 g/mol. The van der Waals surface area contributed by atoms with Gasteiger partial charge in [-0.25, -0.2) is 9.18 Å². The zero-order chi connectivity index (χ0) is 11.0. The van der Waals surface area contributed by atoms with E-state index in [1.54, 1.807) is 6.07 Å². The minimum atomic E-state index is -0.930. The van der Waals surface area contributed by atoms with Gasteiger partial charge in [0.15, 0.2) is 0 Å². The molecule has 1 heterocycles. The highest BCUT2D eigenvalue weighted by Crippen LogP contribution is 2.25. The molecule has 0 saturated heterocycles. The van der Waals surface area contributed by atoms with Gasteiger partial charge in [-0.2, -0.15) is 0 Å². The molecule has 0 radical (unpaired) electrons. The molecule has 0 spiro atoms. The van der Waals surface area contributed by atoms with Crippen molar-refractivity contribution in [1.29, 1.82) is 0 Å². The van der Waals surface area contributed by atoms with Crippen LogP contribution in [0.25, 0.3) is 0 Å². The van der Waals surface area contributed by atoms with Gasteiger partial charge in [-0.05, 0) is 45.6 Å². The summed E-state index contributed by atoms with van der Waals surface area (Å²) in [5.74, 6) is -0.294. The van der Waals surface area contributed by atoms with Crippen LogP contribution >= 0.6 is 15.9 Å². The minimum absolute atomic E-state index is 0.294. The number of rotatable bonds is 0. The van der Waals surface area contributed by atoms with Crippen LogP contribution in [-0.4, -0.2) is 22.6 Å². The maximum absolute atomic E-state index is 13.2. The van der Waals surface area contributed by atoms with E-state index in [0.29, 0.717) is 24.0 Å². The summed E-state index contributed by atoms with van der Waals surface area (Å²) < 4.78 is 13.6. The third kappa shape index (κ3) is 1.97. The maximum atomic E-state index is 13.2. The maximum Gasteiger partial charge on any atom is 0.407 e. The van der Waals surface area contributed by atoms with Crippen molar-refractivity contribution in [3.8, 4) is 0 Å². The van der Waals surface area contributed by atoms with E-state index in [9.17, 15) is 9.18 Å². The topological polar surface area (TPSA) is 40.5 Å². The molecule has 80 valence electrons. The van der Waals surface area contributed by atoms with Crippen LogP contribution in [0.4, 0.5) is 9.18 Å². The average Bonchev–Trinajstić information content (AvgIpc) is 2.19. The Labute approximate surface area is 94.6 Å². The van der Waals surface area contributed by atoms with Crippen LogP contribution in [0.1, 0.15) is 11.1 Å². The summed E-state index contributed by atoms with van der Waals surface area (Å²) in [4.78, 5) is 12.1. The van der Waals surface area contributed by atoms with Crippen molar-refractivity contribution in [2.75, 3.05) is 6.54 Å². The fraction of sp³-hybridized carbons (Fsp3) is 0.300. The SMILES string of the molecule is O=C(O)N1CCc2cc(F)c(Br)cc2C1. The van der Waals surface area contributed by atoms with Crippen LogP contribution in [-0.2, 0) is 13.0 Å². The second kappa shape index (κ2) is 3.81. The highest BCUT2D eigenvalue weighted by atomic mass is 79.9. The summed E-state index contributed by atoms with van der Waals surface area (Å²) in [5, 5.41) is 8.83. The molecule has 0 unspecified atom stereocenters. The Balaban J connectivity index is 2.34. The molecule has 1 amide bonds. The second-order valence-corrected chi connectivity index (χ2v) is 4.34. The molecule has 0 aromatic heterocycles. The number of carbonyl (C=O) groups is 1. The lowest BCUT2D eigenvalue weighted by molar-refractivity contribution is 0.140. The standard InChI is InChI=1S/C10H9BrFNO2/c11-8-3-7-5-13(10(14)15)2-1-6(7)4-9(8)12/h3-4H,1-2,5H2,(H,14,15). The molecule has 0 saturated carbocycles. The first-order chi connectivity index (χ1) is 7.08. The van der Waals surface area contributed by atoms with Crippen molar-refractivity contribution >= 4 is 22.0 Å². The Morgan fingerprint density at radius 3 is 2.87 bits per heavy atom. The second-order valence-electron chi connectivity index (χ2n) is 3.49. The number of benzene rings is 1. The molecular weight excluding hydrogens is 265 g/mol. The molecular formula is C10H9BrFNO2. The van der Waals surface area contributed by atoms with Gasteiger partial charge in [0.25, 0.3) is 0 Å². The summed E-state index contributed by atoms with van der Waals surface area (Å²) >= 11 is 3.09. The van der Waals surface area contributed by atoms with Gasteiger partial charge in [0.05, 0.1) is 4.47 Å². The first kappa shape index (κ1) is 10.4.